The second kappa shape index (κ2) is 4.87. The third-order valence-electron chi connectivity index (χ3n) is 3.04. The van der Waals surface area contributed by atoms with E-state index >= 15 is 0 Å². The van der Waals surface area contributed by atoms with Crippen molar-refractivity contribution >= 4 is 17.5 Å². The minimum atomic E-state index is 0.0299. The van der Waals surface area contributed by atoms with Gasteiger partial charge in [0.2, 0.25) is 5.91 Å². The summed E-state index contributed by atoms with van der Waals surface area (Å²) >= 11 is 5.57. The lowest BCUT2D eigenvalue weighted by molar-refractivity contribution is -0.129. The topological polar surface area (TPSA) is 38.1 Å². The molecular formula is C11H16ClN3O. The predicted molar refractivity (Wildman–Crippen MR) is 62.5 cm³/mol. The number of carbonyl (C=O) groups excluding carboxylic acids is 1. The van der Waals surface area contributed by atoms with E-state index < -0.39 is 0 Å². The molecule has 0 radical (unpaired) electrons. The Bertz CT molecular complexity index is 377. The van der Waals surface area contributed by atoms with E-state index in [4.69, 9.17) is 11.6 Å². The number of nitrogens with zero attached hydrogens (tertiary/aromatic N) is 3. The van der Waals surface area contributed by atoms with Gasteiger partial charge in [0.1, 0.15) is 5.88 Å². The van der Waals surface area contributed by atoms with Crippen LogP contribution in [-0.4, -0.2) is 39.6 Å². The molecule has 0 unspecified atom stereocenters. The van der Waals surface area contributed by atoms with Gasteiger partial charge in [-0.25, -0.2) is 0 Å². The van der Waals surface area contributed by atoms with Crippen molar-refractivity contribution in [1.29, 1.82) is 0 Å². The number of amides is 1. The molecule has 88 valence electrons. The van der Waals surface area contributed by atoms with Gasteiger partial charge in [-0.05, 0) is 18.9 Å². The molecule has 16 heavy (non-hydrogen) atoms. The number of carbonyl (C=O) groups is 1. The number of aromatic nitrogens is 2. The van der Waals surface area contributed by atoms with Gasteiger partial charge in [0.15, 0.2) is 0 Å². The van der Waals surface area contributed by atoms with Gasteiger partial charge < -0.3 is 4.90 Å². The van der Waals surface area contributed by atoms with E-state index in [1.165, 1.54) is 0 Å². The molecule has 1 aliphatic rings. The molecule has 0 spiro atoms. The number of halogens is 1. The summed E-state index contributed by atoms with van der Waals surface area (Å²) in [6, 6.07) is 2.03. The highest BCUT2D eigenvalue weighted by Gasteiger charge is 2.25. The Balaban J connectivity index is 2.04. The Hall–Kier alpha value is -1.03. The van der Waals surface area contributed by atoms with Gasteiger partial charge in [-0.2, -0.15) is 5.10 Å². The van der Waals surface area contributed by atoms with Gasteiger partial charge in [0.25, 0.3) is 0 Å². The van der Waals surface area contributed by atoms with Gasteiger partial charge in [0.05, 0.1) is 5.69 Å². The summed E-state index contributed by atoms with van der Waals surface area (Å²) in [7, 11) is 1.91. The van der Waals surface area contributed by atoms with Crippen LogP contribution in [0.25, 0.3) is 0 Å². The highest BCUT2D eigenvalue weighted by atomic mass is 35.5. The second-order valence-corrected chi connectivity index (χ2v) is 4.49. The van der Waals surface area contributed by atoms with E-state index in [0.29, 0.717) is 5.92 Å². The Morgan fingerprint density at radius 3 is 3.12 bits per heavy atom. The van der Waals surface area contributed by atoms with Gasteiger partial charge in [-0.1, -0.05) is 0 Å². The van der Waals surface area contributed by atoms with E-state index in [1.54, 1.807) is 4.68 Å². The lowest BCUT2D eigenvalue weighted by Crippen LogP contribution is -2.39. The largest absolute Gasteiger partial charge is 0.341 e. The Labute approximate surface area is 100 Å². The average molecular weight is 242 g/mol. The van der Waals surface area contributed by atoms with Crippen LogP contribution in [0.3, 0.4) is 0 Å². The van der Waals surface area contributed by atoms with E-state index in [0.717, 1.165) is 31.6 Å². The van der Waals surface area contributed by atoms with E-state index in [9.17, 15) is 4.79 Å². The number of hydrogen-bond donors (Lipinski definition) is 0. The van der Waals surface area contributed by atoms with Crippen LogP contribution in [-0.2, 0) is 11.8 Å². The maximum atomic E-state index is 11.5. The van der Waals surface area contributed by atoms with Crippen LogP contribution in [0.2, 0.25) is 0 Å². The summed E-state index contributed by atoms with van der Waals surface area (Å²) < 4.78 is 1.80. The summed E-state index contributed by atoms with van der Waals surface area (Å²) in [5.74, 6) is 0.471. The van der Waals surface area contributed by atoms with Crippen LogP contribution in [0.5, 0.6) is 0 Å². The van der Waals surface area contributed by atoms with Gasteiger partial charge >= 0.3 is 0 Å². The second-order valence-electron chi connectivity index (χ2n) is 4.23. The van der Waals surface area contributed by atoms with Crippen molar-refractivity contribution in [3.05, 3.63) is 18.0 Å². The zero-order chi connectivity index (χ0) is 11.5. The number of aryl methyl sites for hydroxylation is 1. The highest BCUT2D eigenvalue weighted by molar-refractivity contribution is 6.27. The minimum absolute atomic E-state index is 0.0299. The van der Waals surface area contributed by atoms with Crippen LogP contribution >= 0.6 is 11.6 Å². The number of piperidine rings is 1. The van der Waals surface area contributed by atoms with Crippen molar-refractivity contribution in [1.82, 2.24) is 14.7 Å². The molecule has 4 nitrogen and oxygen atoms in total. The molecule has 5 heteroatoms. The maximum Gasteiger partial charge on any atom is 0.237 e. The van der Waals surface area contributed by atoms with E-state index in [2.05, 4.69) is 5.10 Å². The first kappa shape index (κ1) is 11.5. The zero-order valence-corrected chi connectivity index (χ0v) is 10.2. The van der Waals surface area contributed by atoms with Crippen LogP contribution in [0.15, 0.2) is 12.3 Å². The lowest BCUT2D eigenvalue weighted by atomic mass is 9.95. The molecule has 1 saturated heterocycles. The van der Waals surface area contributed by atoms with Crippen LogP contribution in [0.4, 0.5) is 0 Å². The molecule has 1 fully saturated rings. The van der Waals surface area contributed by atoms with E-state index in [1.807, 2.05) is 24.2 Å². The van der Waals surface area contributed by atoms with Crippen molar-refractivity contribution in [3.63, 3.8) is 0 Å². The molecule has 2 rings (SSSR count). The Morgan fingerprint density at radius 1 is 1.69 bits per heavy atom. The van der Waals surface area contributed by atoms with Gasteiger partial charge in [0, 0.05) is 32.3 Å². The average Bonchev–Trinajstić information content (AvgIpc) is 2.75. The fourth-order valence-electron chi connectivity index (χ4n) is 2.18. The highest BCUT2D eigenvalue weighted by Crippen LogP contribution is 2.25. The molecule has 0 aromatic carbocycles. The quantitative estimate of drug-likeness (QED) is 0.734. The standard InChI is InChI=1S/C11H16ClN3O/c1-14-6-4-10(13-14)9-3-2-5-15(8-9)11(16)7-12/h4,6,9H,2-3,5,7-8H2,1H3/t9-/m0/s1. The van der Waals surface area contributed by atoms with Crippen molar-refractivity contribution < 1.29 is 4.79 Å². The number of hydrogen-bond acceptors (Lipinski definition) is 2. The molecule has 1 aromatic heterocycles. The van der Waals surface area contributed by atoms with Crippen molar-refractivity contribution in [2.75, 3.05) is 19.0 Å². The molecule has 0 bridgehead atoms. The molecule has 1 aliphatic heterocycles. The summed E-state index contributed by atoms with van der Waals surface area (Å²) in [5, 5.41) is 4.40. The number of likely N-dealkylation sites (tertiary alicyclic amines) is 1. The minimum Gasteiger partial charge on any atom is -0.341 e. The molecular weight excluding hydrogens is 226 g/mol. The van der Waals surface area contributed by atoms with Gasteiger partial charge in [-0.3, -0.25) is 9.48 Å². The van der Waals surface area contributed by atoms with Gasteiger partial charge in [-0.15, -0.1) is 11.6 Å². The van der Waals surface area contributed by atoms with E-state index in [-0.39, 0.29) is 11.8 Å². The third-order valence-corrected chi connectivity index (χ3v) is 3.27. The Kier molecular flexibility index (Phi) is 3.49. The molecule has 2 heterocycles. The van der Waals surface area contributed by atoms with Crippen LogP contribution in [0.1, 0.15) is 24.5 Å². The molecule has 1 amide bonds. The molecule has 0 aliphatic carbocycles. The van der Waals surface area contributed by atoms with Crippen molar-refractivity contribution in [2.24, 2.45) is 7.05 Å². The summed E-state index contributed by atoms with van der Waals surface area (Å²) in [6.45, 7) is 1.58. The fourth-order valence-corrected chi connectivity index (χ4v) is 2.35. The summed E-state index contributed by atoms with van der Waals surface area (Å²) in [5.41, 5.74) is 1.08. The lowest BCUT2D eigenvalue weighted by Gasteiger charge is -2.31. The maximum absolute atomic E-state index is 11.5. The summed E-state index contributed by atoms with van der Waals surface area (Å²) in [4.78, 5) is 13.4. The summed E-state index contributed by atoms with van der Waals surface area (Å²) in [6.07, 6.45) is 4.07. The first-order chi connectivity index (χ1) is 7.70. The first-order valence-electron chi connectivity index (χ1n) is 5.54. The monoisotopic (exact) mass is 241 g/mol. The number of alkyl halides is 1. The van der Waals surface area contributed by atoms with Crippen LogP contribution < -0.4 is 0 Å². The predicted octanol–water partition coefficient (Wildman–Crippen LogP) is 1.36. The normalized spacial score (nSPS) is 21.1. The number of rotatable bonds is 2. The molecule has 0 N–H and O–H groups in total. The fraction of sp³-hybridized carbons (Fsp3) is 0.636. The van der Waals surface area contributed by atoms with Crippen molar-refractivity contribution in [3.8, 4) is 0 Å². The zero-order valence-electron chi connectivity index (χ0n) is 9.40. The SMILES string of the molecule is Cn1ccc([C@H]2CCCN(C(=O)CCl)C2)n1. The molecule has 1 aromatic rings. The smallest absolute Gasteiger partial charge is 0.237 e. The van der Waals surface area contributed by atoms with Crippen LogP contribution in [0, 0.1) is 0 Å². The first-order valence-corrected chi connectivity index (χ1v) is 6.07. The Morgan fingerprint density at radius 2 is 2.50 bits per heavy atom. The molecule has 1 atom stereocenters. The molecule has 0 saturated carbocycles. The van der Waals surface area contributed by atoms with Crippen molar-refractivity contribution in [2.45, 2.75) is 18.8 Å². The third kappa shape index (κ3) is 2.38.